The average molecular weight is 194 g/mol. The quantitative estimate of drug-likeness (QED) is 0.669. The minimum atomic E-state index is 0.274. The van der Waals surface area contributed by atoms with Crippen LogP contribution in [0.2, 0.25) is 0 Å². The molecule has 0 radical (unpaired) electrons. The number of aromatic nitrogens is 2. The van der Waals surface area contributed by atoms with Crippen LogP contribution >= 0.6 is 0 Å². The number of carbonyl (C=O) groups is 1. The zero-order valence-electron chi connectivity index (χ0n) is 8.22. The van der Waals surface area contributed by atoms with Gasteiger partial charge in [-0.05, 0) is 19.8 Å². The van der Waals surface area contributed by atoms with Crippen LogP contribution in [0.3, 0.4) is 0 Å². The van der Waals surface area contributed by atoms with Crippen molar-refractivity contribution in [1.29, 1.82) is 0 Å². The van der Waals surface area contributed by atoms with Crippen molar-refractivity contribution < 1.29 is 9.53 Å². The van der Waals surface area contributed by atoms with Crippen molar-refractivity contribution in [2.45, 2.75) is 31.9 Å². The summed E-state index contributed by atoms with van der Waals surface area (Å²) in [5, 5.41) is 0. The Morgan fingerprint density at radius 3 is 3.29 bits per heavy atom. The van der Waals surface area contributed by atoms with Gasteiger partial charge in [0.1, 0.15) is 5.69 Å². The Bertz CT molecular complexity index is 322. The highest BCUT2D eigenvalue weighted by atomic mass is 16.5. The van der Waals surface area contributed by atoms with E-state index in [4.69, 9.17) is 4.74 Å². The number of nitrogens with zero attached hydrogens (tertiary/aromatic N) is 2. The maximum atomic E-state index is 10.7. The lowest BCUT2D eigenvalue weighted by Gasteiger charge is -2.28. The van der Waals surface area contributed by atoms with Gasteiger partial charge in [0.05, 0.1) is 18.6 Å². The molecule has 1 aromatic heterocycles. The topological polar surface area (TPSA) is 44.1 Å². The predicted molar refractivity (Wildman–Crippen MR) is 51.3 cm³/mol. The Balaban J connectivity index is 2.17. The smallest absolute Gasteiger partial charge is 0.168 e. The summed E-state index contributed by atoms with van der Waals surface area (Å²) in [5.74, 6) is 0. The van der Waals surface area contributed by atoms with Gasteiger partial charge in [-0.3, -0.25) is 4.79 Å². The second-order valence-electron chi connectivity index (χ2n) is 3.70. The monoisotopic (exact) mass is 194 g/mol. The lowest BCUT2D eigenvalue weighted by molar-refractivity contribution is 0.00561. The third-order valence-electron chi connectivity index (χ3n) is 2.67. The van der Waals surface area contributed by atoms with Crippen molar-refractivity contribution in [3.05, 3.63) is 18.2 Å². The van der Waals surface area contributed by atoms with E-state index in [1.54, 1.807) is 12.5 Å². The van der Waals surface area contributed by atoms with Gasteiger partial charge in [-0.2, -0.15) is 0 Å². The molecule has 0 amide bonds. The molecule has 0 spiro atoms. The van der Waals surface area contributed by atoms with Crippen LogP contribution < -0.4 is 0 Å². The predicted octanol–water partition coefficient (Wildman–Crippen LogP) is 1.44. The molecule has 14 heavy (non-hydrogen) atoms. The molecule has 4 heteroatoms. The number of imidazole rings is 1. The van der Waals surface area contributed by atoms with Gasteiger partial charge in [-0.15, -0.1) is 0 Å². The summed E-state index contributed by atoms with van der Waals surface area (Å²) in [6.07, 6.45) is 6.38. The van der Waals surface area contributed by atoms with Gasteiger partial charge in [0.2, 0.25) is 0 Å². The minimum Gasteiger partial charge on any atom is -0.378 e. The van der Waals surface area contributed by atoms with E-state index >= 15 is 0 Å². The van der Waals surface area contributed by atoms with Crippen LogP contribution in [0, 0.1) is 0 Å². The van der Waals surface area contributed by atoms with Crippen molar-refractivity contribution in [3.63, 3.8) is 0 Å². The molecule has 0 aliphatic carbocycles. The van der Waals surface area contributed by atoms with E-state index in [1.807, 2.05) is 4.57 Å². The molecule has 1 aromatic rings. The molecule has 1 aliphatic rings. The van der Waals surface area contributed by atoms with E-state index < -0.39 is 0 Å². The molecule has 4 nitrogen and oxygen atoms in total. The molecule has 0 bridgehead atoms. The number of hydrogen-bond donors (Lipinski definition) is 0. The van der Waals surface area contributed by atoms with Crippen LogP contribution in [0.15, 0.2) is 12.5 Å². The molecule has 0 N–H and O–H groups in total. The van der Waals surface area contributed by atoms with E-state index in [1.165, 1.54) is 0 Å². The second kappa shape index (κ2) is 3.92. The molecule has 2 atom stereocenters. The van der Waals surface area contributed by atoms with E-state index in [0.29, 0.717) is 11.7 Å². The highest BCUT2D eigenvalue weighted by molar-refractivity contribution is 5.71. The molecule has 2 unspecified atom stereocenters. The normalized spacial score (nSPS) is 27.5. The van der Waals surface area contributed by atoms with Crippen LogP contribution in [0.5, 0.6) is 0 Å². The molecule has 2 rings (SSSR count). The maximum absolute atomic E-state index is 10.7. The van der Waals surface area contributed by atoms with Gasteiger partial charge in [-0.25, -0.2) is 4.98 Å². The Morgan fingerprint density at radius 2 is 2.57 bits per heavy atom. The standard InChI is InChI=1S/C10H14N2O2/c1-8-4-9(2-3-14-8)12-7-11-5-10(12)6-13/h5-9H,2-4H2,1H3. The van der Waals surface area contributed by atoms with E-state index in [9.17, 15) is 4.79 Å². The Hall–Kier alpha value is -1.16. The summed E-state index contributed by atoms with van der Waals surface area (Å²) < 4.78 is 7.41. The summed E-state index contributed by atoms with van der Waals surface area (Å²) in [6.45, 7) is 2.83. The van der Waals surface area contributed by atoms with Crippen LogP contribution in [0.25, 0.3) is 0 Å². The summed E-state index contributed by atoms with van der Waals surface area (Å²) >= 11 is 0. The SMILES string of the molecule is CC1CC(n2cncc2C=O)CCO1. The number of ether oxygens (including phenoxy) is 1. The van der Waals surface area contributed by atoms with Crippen molar-refractivity contribution in [1.82, 2.24) is 9.55 Å². The average Bonchev–Trinajstić information content (AvgIpc) is 2.65. The highest BCUT2D eigenvalue weighted by Crippen LogP contribution is 2.25. The Kier molecular flexibility index (Phi) is 2.63. The first kappa shape index (κ1) is 9.40. The molecular formula is C10H14N2O2. The minimum absolute atomic E-state index is 0.274. The van der Waals surface area contributed by atoms with Gasteiger partial charge >= 0.3 is 0 Å². The first-order valence-corrected chi connectivity index (χ1v) is 4.90. The maximum Gasteiger partial charge on any atom is 0.168 e. The van der Waals surface area contributed by atoms with Crippen molar-refractivity contribution >= 4 is 6.29 Å². The lowest BCUT2D eigenvalue weighted by Crippen LogP contribution is -2.26. The first-order valence-electron chi connectivity index (χ1n) is 4.90. The van der Waals surface area contributed by atoms with Gasteiger partial charge < -0.3 is 9.30 Å². The van der Waals surface area contributed by atoms with Crippen molar-refractivity contribution in [3.8, 4) is 0 Å². The van der Waals surface area contributed by atoms with Gasteiger partial charge in [0.25, 0.3) is 0 Å². The van der Waals surface area contributed by atoms with Gasteiger partial charge in [-0.1, -0.05) is 0 Å². The second-order valence-corrected chi connectivity index (χ2v) is 3.70. The zero-order chi connectivity index (χ0) is 9.97. The third-order valence-corrected chi connectivity index (χ3v) is 2.67. The van der Waals surface area contributed by atoms with Crippen LogP contribution in [-0.2, 0) is 4.74 Å². The summed E-state index contributed by atoms with van der Waals surface area (Å²) in [7, 11) is 0. The van der Waals surface area contributed by atoms with Crippen LogP contribution in [0.4, 0.5) is 0 Å². The van der Waals surface area contributed by atoms with Crippen molar-refractivity contribution in [2.24, 2.45) is 0 Å². The summed E-state index contributed by atoms with van der Waals surface area (Å²) in [4.78, 5) is 14.7. The molecular weight excluding hydrogens is 180 g/mol. The van der Waals surface area contributed by atoms with E-state index in [-0.39, 0.29) is 6.10 Å². The van der Waals surface area contributed by atoms with Crippen LogP contribution in [-0.4, -0.2) is 28.5 Å². The number of rotatable bonds is 2. The molecule has 0 saturated carbocycles. The Labute approximate surface area is 82.9 Å². The largest absolute Gasteiger partial charge is 0.378 e. The van der Waals surface area contributed by atoms with Gasteiger partial charge in [0.15, 0.2) is 6.29 Å². The molecule has 76 valence electrons. The molecule has 1 saturated heterocycles. The molecule has 1 aliphatic heterocycles. The van der Waals surface area contributed by atoms with E-state index in [2.05, 4.69) is 11.9 Å². The third kappa shape index (κ3) is 1.70. The number of carbonyl (C=O) groups excluding carboxylic acids is 1. The lowest BCUT2D eigenvalue weighted by atomic mass is 10.0. The Morgan fingerprint density at radius 1 is 1.71 bits per heavy atom. The zero-order valence-corrected chi connectivity index (χ0v) is 8.22. The first-order chi connectivity index (χ1) is 6.81. The number of aldehydes is 1. The molecule has 2 heterocycles. The summed E-state index contributed by atoms with van der Waals surface area (Å²) in [5.41, 5.74) is 0.657. The summed E-state index contributed by atoms with van der Waals surface area (Å²) in [6, 6.07) is 0.362. The van der Waals surface area contributed by atoms with Gasteiger partial charge in [0, 0.05) is 12.6 Å². The highest BCUT2D eigenvalue weighted by Gasteiger charge is 2.21. The number of hydrogen-bond acceptors (Lipinski definition) is 3. The fourth-order valence-electron chi connectivity index (χ4n) is 1.94. The fraction of sp³-hybridized carbons (Fsp3) is 0.600. The van der Waals surface area contributed by atoms with E-state index in [0.717, 1.165) is 25.7 Å². The molecule has 0 aromatic carbocycles. The fourth-order valence-corrected chi connectivity index (χ4v) is 1.94. The molecule has 1 fully saturated rings. The van der Waals surface area contributed by atoms with Crippen molar-refractivity contribution in [2.75, 3.05) is 6.61 Å². The van der Waals surface area contributed by atoms with Crippen LogP contribution in [0.1, 0.15) is 36.3 Å².